The Morgan fingerprint density at radius 1 is 1.25 bits per heavy atom. The zero-order chi connectivity index (χ0) is 14.4. The van der Waals surface area contributed by atoms with Crippen molar-refractivity contribution in [1.82, 2.24) is 14.9 Å². The van der Waals surface area contributed by atoms with Crippen LogP contribution in [-0.2, 0) is 0 Å². The lowest BCUT2D eigenvalue weighted by Gasteiger charge is -2.18. The Bertz CT molecular complexity index is 535. The maximum atomic E-state index is 4.51. The van der Waals surface area contributed by atoms with E-state index in [-0.39, 0.29) is 0 Å². The molecule has 0 radical (unpaired) electrons. The fourth-order valence-electron chi connectivity index (χ4n) is 2.15. The van der Waals surface area contributed by atoms with Gasteiger partial charge in [0.25, 0.3) is 0 Å². The molecule has 110 valence electrons. The predicted molar refractivity (Wildman–Crippen MR) is 87.9 cm³/mol. The molecule has 0 saturated heterocycles. The maximum Gasteiger partial charge on any atom is 0.225 e. The number of thiophene rings is 1. The Kier molecular flexibility index (Phi) is 5.55. The number of nitrogens with one attached hydrogen (secondary N) is 2. The van der Waals surface area contributed by atoms with Gasteiger partial charge in [-0.2, -0.15) is 4.98 Å². The molecular weight excluding hydrogens is 270 g/mol. The molecule has 0 aliphatic carbocycles. The van der Waals surface area contributed by atoms with Crippen LogP contribution in [0.1, 0.15) is 20.3 Å². The van der Waals surface area contributed by atoms with Crippen molar-refractivity contribution >= 4 is 33.3 Å². The summed E-state index contributed by atoms with van der Waals surface area (Å²) in [4.78, 5) is 12.4. The van der Waals surface area contributed by atoms with E-state index in [0.29, 0.717) is 5.95 Å². The molecule has 2 rings (SSSR count). The van der Waals surface area contributed by atoms with Crippen LogP contribution in [0.25, 0.3) is 10.2 Å². The zero-order valence-corrected chi connectivity index (χ0v) is 13.3. The van der Waals surface area contributed by atoms with Gasteiger partial charge in [-0.1, -0.05) is 13.8 Å². The molecular formula is C14H23N5S. The average Bonchev–Trinajstić information content (AvgIpc) is 2.95. The molecule has 0 spiro atoms. The number of nitrogens with zero attached hydrogens (tertiary/aromatic N) is 3. The molecule has 2 aromatic heterocycles. The number of aromatic nitrogens is 2. The molecule has 0 amide bonds. The van der Waals surface area contributed by atoms with Gasteiger partial charge in [0.2, 0.25) is 5.95 Å². The molecule has 0 saturated carbocycles. The summed E-state index contributed by atoms with van der Waals surface area (Å²) in [5, 5.41) is 9.62. The summed E-state index contributed by atoms with van der Waals surface area (Å²) >= 11 is 1.64. The van der Waals surface area contributed by atoms with Gasteiger partial charge in [-0.05, 0) is 37.5 Å². The highest BCUT2D eigenvalue weighted by Gasteiger charge is 2.07. The van der Waals surface area contributed by atoms with Gasteiger partial charge in [-0.25, -0.2) is 4.98 Å². The number of anilines is 2. The van der Waals surface area contributed by atoms with Crippen LogP contribution in [0, 0.1) is 0 Å². The van der Waals surface area contributed by atoms with Crippen molar-refractivity contribution in [1.29, 1.82) is 0 Å². The fourth-order valence-corrected chi connectivity index (χ4v) is 2.92. The molecule has 0 fully saturated rings. The van der Waals surface area contributed by atoms with E-state index in [1.54, 1.807) is 11.3 Å². The summed E-state index contributed by atoms with van der Waals surface area (Å²) in [7, 11) is 1.85. The lowest BCUT2D eigenvalue weighted by atomic mass is 10.3. The first-order valence-electron chi connectivity index (χ1n) is 7.17. The third kappa shape index (κ3) is 3.58. The van der Waals surface area contributed by atoms with Crippen molar-refractivity contribution < 1.29 is 0 Å². The van der Waals surface area contributed by atoms with Crippen LogP contribution in [0.15, 0.2) is 11.4 Å². The van der Waals surface area contributed by atoms with Crippen molar-refractivity contribution in [3.05, 3.63) is 11.4 Å². The molecule has 20 heavy (non-hydrogen) atoms. The minimum Gasteiger partial charge on any atom is -0.369 e. The molecule has 0 atom stereocenters. The quantitative estimate of drug-likeness (QED) is 0.733. The highest BCUT2D eigenvalue weighted by molar-refractivity contribution is 7.16. The van der Waals surface area contributed by atoms with E-state index in [2.05, 4.69) is 50.8 Å². The highest BCUT2D eigenvalue weighted by atomic mass is 32.1. The summed E-state index contributed by atoms with van der Waals surface area (Å²) in [6.07, 6.45) is 1.12. The van der Waals surface area contributed by atoms with Crippen molar-refractivity contribution in [3.8, 4) is 0 Å². The van der Waals surface area contributed by atoms with Gasteiger partial charge >= 0.3 is 0 Å². The zero-order valence-electron chi connectivity index (χ0n) is 12.4. The van der Waals surface area contributed by atoms with Crippen LogP contribution in [0.3, 0.4) is 0 Å². The first-order chi connectivity index (χ1) is 9.78. The van der Waals surface area contributed by atoms with Crippen LogP contribution in [-0.4, -0.2) is 48.1 Å². The molecule has 0 bridgehead atoms. The second-order valence-electron chi connectivity index (χ2n) is 4.59. The third-order valence-electron chi connectivity index (χ3n) is 3.39. The van der Waals surface area contributed by atoms with E-state index in [1.165, 1.54) is 0 Å². The third-order valence-corrected chi connectivity index (χ3v) is 4.19. The lowest BCUT2D eigenvalue weighted by molar-refractivity contribution is 0.303. The lowest BCUT2D eigenvalue weighted by Crippen LogP contribution is -2.25. The van der Waals surface area contributed by atoms with E-state index in [0.717, 1.165) is 48.6 Å². The summed E-state index contributed by atoms with van der Waals surface area (Å²) in [5.74, 6) is 1.60. The van der Waals surface area contributed by atoms with Crippen LogP contribution in [0.4, 0.5) is 11.8 Å². The predicted octanol–water partition coefficient (Wildman–Crippen LogP) is 2.88. The number of hydrogen-bond acceptors (Lipinski definition) is 6. The molecule has 2 heterocycles. The van der Waals surface area contributed by atoms with Crippen LogP contribution < -0.4 is 10.6 Å². The van der Waals surface area contributed by atoms with Gasteiger partial charge in [0.1, 0.15) is 10.6 Å². The number of hydrogen-bond donors (Lipinski definition) is 2. The average molecular weight is 293 g/mol. The molecule has 0 aromatic carbocycles. The van der Waals surface area contributed by atoms with Gasteiger partial charge in [0.05, 0.1) is 5.39 Å². The van der Waals surface area contributed by atoms with E-state index in [1.807, 2.05) is 7.05 Å². The van der Waals surface area contributed by atoms with Gasteiger partial charge in [-0.15, -0.1) is 11.3 Å². The monoisotopic (exact) mass is 293 g/mol. The summed E-state index contributed by atoms with van der Waals surface area (Å²) in [6, 6.07) is 2.08. The van der Waals surface area contributed by atoms with Crippen LogP contribution in [0.5, 0.6) is 0 Å². The molecule has 2 N–H and O–H groups in total. The van der Waals surface area contributed by atoms with E-state index < -0.39 is 0 Å². The normalized spacial score (nSPS) is 11.2. The van der Waals surface area contributed by atoms with Crippen molar-refractivity contribution in [2.24, 2.45) is 0 Å². The number of rotatable bonds is 8. The SMILES string of the molecule is CCN(CC)CCCNc1nc(NC)nc2sccc12. The van der Waals surface area contributed by atoms with Gasteiger partial charge < -0.3 is 15.5 Å². The largest absolute Gasteiger partial charge is 0.369 e. The minimum absolute atomic E-state index is 0.672. The highest BCUT2D eigenvalue weighted by Crippen LogP contribution is 2.26. The molecule has 0 aliphatic heterocycles. The van der Waals surface area contributed by atoms with E-state index in [4.69, 9.17) is 0 Å². The van der Waals surface area contributed by atoms with Crippen LogP contribution in [0.2, 0.25) is 0 Å². The summed E-state index contributed by atoms with van der Waals surface area (Å²) in [5.41, 5.74) is 0. The molecule has 2 aromatic rings. The standard InChI is InChI=1S/C14H23N5S/c1-4-19(5-2)9-6-8-16-12-11-7-10-20-13(11)18-14(15-3)17-12/h7,10H,4-6,8-9H2,1-3H3,(H2,15,16,17,18). The minimum atomic E-state index is 0.672. The van der Waals surface area contributed by atoms with Crippen LogP contribution >= 0.6 is 11.3 Å². The van der Waals surface area contributed by atoms with Gasteiger partial charge in [0, 0.05) is 13.6 Å². The van der Waals surface area contributed by atoms with Gasteiger partial charge in [-0.3, -0.25) is 0 Å². The van der Waals surface area contributed by atoms with Crippen molar-refractivity contribution in [2.75, 3.05) is 43.9 Å². The van der Waals surface area contributed by atoms with E-state index >= 15 is 0 Å². The summed E-state index contributed by atoms with van der Waals surface area (Å²) < 4.78 is 0. The summed E-state index contributed by atoms with van der Waals surface area (Å²) in [6.45, 7) is 8.69. The van der Waals surface area contributed by atoms with Gasteiger partial charge in [0.15, 0.2) is 0 Å². The van der Waals surface area contributed by atoms with Crippen molar-refractivity contribution in [3.63, 3.8) is 0 Å². The Morgan fingerprint density at radius 3 is 2.75 bits per heavy atom. The first kappa shape index (κ1) is 15.0. The molecule has 5 nitrogen and oxygen atoms in total. The topological polar surface area (TPSA) is 53.1 Å². The Balaban J connectivity index is 1.97. The smallest absolute Gasteiger partial charge is 0.225 e. The Labute approximate surface area is 124 Å². The Morgan fingerprint density at radius 2 is 2.05 bits per heavy atom. The molecule has 6 heteroatoms. The molecule has 0 unspecified atom stereocenters. The second kappa shape index (κ2) is 7.40. The maximum absolute atomic E-state index is 4.51. The Hall–Kier alpha value is -1.40. The fraction of sp³-hybridized carbons (Fsp3) is 0.571. The van der Waals surface area contributed by atoms with Crippen molar-refractivity contribution in [2.45, 2.75) is 20.3 Å². The molecule has 0 aliphatic rings. The first-order valence-corrected chi connectivity index (χ1v) is 8.05. The second-order valence-corrected chi connectivity index (χ2v) is 5.49. The number of fused-ring (bicyclic) bond motifs is 1. The van der Waals surface area contributed by atoms with E-state index in [9.17, 15) is 0 Å².